The normalized spacial score (nSPS) is 10.3. The van der Waals surface area contributed by atoms with Gasteiger partial charge in [0, 0.05) is 0 Å². The molecule has 3 heteroatoms. The van der Waals surface area contributed by atoms with Crippen LogP contribution < -0.4 is 10.1 Å². The lowest BCUT2D eigenvalue weighted by molar-refractivity contribution is 0.308. The average molecular weight is 211 g/mol. The largest absolute Gasteiger partial charge is 0.494 e. The fourth-order valence-electron chi connectivity index (χ4n) is 1.27. The lowest BCUT2D eigenvalue weighted by Crippen LogP contribution is -2.16. The Bertz CT molecular complexity index is 302. The van der Waals surface area contributed by atoms with Gasteiger partial charge in [-0.05, 0) is 50.2 Å². The second-order valence-electron chi connectivity index (χ2n) is 3.47. The second-order valence-corrected chi connectivity index (χ2v) is 3.47. The summed E-state index contributed by atoms with van der Waals surface area (Å²) < 4.78 is 18.4. The minimum Gasteiger partial charge on any atom is -0.494 e. The SMILES string of the molecule is CCNCCCOc1ccc(F)c(C)c1. The Labute approximate surface area is 90.4 Å². The number of nitrogens with one attached hydrogen (secondary N) is 1. The number of rotatable bonds is 6. The minimum absolute atomic E-state index is 0.185. The molecule has 0 bridgehead atoms. The van der Waals surface area contributed by atoms with Gasteiger partial charge in [0.1, 0.15) is 11.6 Å². The molecule has 1 rings (SSSR count). The van der Waals surface area contributed by atoms with Crippen LogP contribution in [0.4, 0.5) is 4.39 Å². The summed E-state index contributed by atoms with van der Waals surface area (Å²) in [5.41, 5.74) is 0.624. The van der Waals surface area contributed by atoms with Crippen LogP contribution in [0.15, 0.2) is 18.2 Å². The monoisotopic (exact) mass is 211 g/mol. The van der Waals surface area contributed by atoms with Gasteiger partial charge in [0.05, 0.1) is 6.61 Å². The molecule has 15 heavy (non-hydrogen) atoms. The average Bonchev–Trinajstić information content (AvgIpc) is 2.23. The third-order valence-corrected chi connectivity index (χ3v) is 2.15. The van der Waals surface area contributed by atoms with E-state index >= 15 is 0 Å². The first-order valence-corrected chi connectivity index (χ1v) is 5.33. The van der Waals surface area contributed by atoms with Crippen molar-refractivity contribution in [2.75, 3.05) is 19.7 Å². The molecule has 0 amide bonds. The molecule has 0 aromatic heterocycles. The van der Waals surface area contributed by atoms with Crippen molar-refractivity contribution in [3.05, 3.63) is 29.6 Å². The second kappa shape index (κ2) is 6.40. The molecule has 0 saturated carbocycles. The van der Waals surface area contributed by atoms with E-state index in [0.29, 0.717) is 12.2 Å². The molecule has 2 nitrogen and oxygen atoms in total. The van der Waals surface area contributed by atoms with Crippen LogP contribution >= 0.6 is 0 Å². The molecule has 0 fully saturated rings. The molecule has 1 aromatic rings. The predicted octanol–water partition coefficient (Wildman–Crippen LogP) is 2.51. The molecule has 0 heterocycles. The van der Waals surface area contributed by atoms with E-state index in [9.17, 15) is 4.39 Å². The highest BCUT2D eigenvalue weighted by molar-refractivity contribution is 5.28. The first kappa shape index (κ1) is 12.0. The fraction of sp³-hybridized carbons (Fsp3) is 0.500. The summed E-state index contributed by atoms with van der Waals surface area (Å²) in [5, 5.41) is 3.22. The molecule has 0 spiro atoms. The Kier molecular flexibility index (Phi) is 5.12. The van der Waals surface area contributed by atoms with Gasteiger partial charge in [-0.15, -0.1) is 0 Å². The maximum absolute atomic E-state index is 12.9. The van der Waals surface area contributed by atoms with Crippen molar-refractivity contribution in [1.82, 2.24) is 5.32 Å². The summed E-state index contributed by atoms with van der Waals surface area (Å²) in [6, 6.07) is 4.83. The number of benzene rings is 1. The molecule has 0 aliphatic heterocycles. The number of aryl methyl sites for hydroxylation is 1. The van der Waals surface area contributed by atoms with E-state index in [2.05, 4.69) is 12.2 Å². The topological polar surface area (TPSA) is 21.3 Å². The van der Waals surface area contributed by atoms with Gasteiger partial charge in [-0.1, -0.05) is 6.92 Å². The predicted molar refractivity (Wildman–Crippen MR) is 59.8 cm³/mol. The van der Waals surface area contributed by atoms with Crippen molar-refractivity contribution < 1.29 is 9.13 Å². The number of halogens is 1. The van der Waals surface area contributed by atoms with Gasteiger partial charge >= 0.3 is 0 Å². The number of hydrogen-bond acceptors (Lipinski definition) is 2. The Hall–Kier alpha value is -1.09. The first-order valence-electron chi connectivity index (χ1n) is 5.33. The zero-order valence-electron chi connectivity index (χ0n) is 9.35. The van der Waals surface area contributed by atoms with Crippen LogP contribution in [0.3, 0.4) is 0 Å². The summed E-state index contributed by atoms with van der Waals surface area (Å²) in [6.45, 7) is 6.41. The van der Waals surface area contributed by atoms with Crippen LogP contribution in [-0.4, -0.2) is 19.7 Å². The van der Waals surface area contributed by atoms with Gasteiger partial charge in [-0.2, -0.15) is 0 Å². The van der Waals surface area contributed by atoms with E-state index in [4.69, 9.17) is 4.74 Å². The Morgan fingerprint density at radius 3 is 2.87 bits per heavy atom. The fourth-order valence-corrected chi connectivity index (χ4v) is 1.27. The van der Waals surface area contributed by atoms with E-state index in [1.54, 1.807) is 19.1 Å². The van der Waals surface area contributed by atoms with Crippen molar-refractivity contribution in [3.63, 3.8) is 0 Å². The van der Waals surface area contributed by atoms with E-state index < -0.39 is 0 Å². The highest BCUT2D eigenvalue weighted by Crippen LogP contribution is 2.15. The van der Waals surface area contributed by atoms with Crippen LogP contribution in [0.5, 0.6) is 5.75 Å². The smallest absolute Gasteiger partial charge is 0.126 e. The van der Waals surface area contributed by atoms with E-state index in [-0.39, 0.29) is 5.82 Å². The van der Waals surface area contributed by atoms with E-state index in [1.165, 1.54) is 6.07 Å². The molecular weight excluding hydrogens is 193 g/mol. The molecule has 0 unspecified atom stereocenters. The molecule has 84 valence electrons. The third-order valence-electron chi connectivity index (χ3n) is 2.15. The highest BCUT2D eigenvalue weighted by atomic mass is 19.1. The first-order chi connectivity index (χ1) is 7.24. The minimum atomic E-state index is -0.185. The molecular formula is C12H18FNO. The Balaban J connectivity index is 2.28. The summed E-state index contributed by atoms with van der Waals surface area (Å²) >= 11 is 0. The summed E-state index contributed by atoms with van der Waals surface area (Å²) in [5.74, 6) is 0.556. The lowest BCUT2D eigenvalue weighted by atomic mass is 10.2. The zero-order chi connectivity index (χ0) is 11.1. The van der Waals surface area contributed by atoms with Crippen LogP contribution in [-0.2, 0) is 0 Å². The van der Waals surface area contributed by atoms with Crippen LogP contribution in [0.1, 0.15) is 18.9 Å². The maximum Gasteiger partial charge on any atom is 0.126 e. The molecule has 0 saturated heterocycles. The zero-order valence-corrected chi connectivity index (χ0v) is 9.35. The highest BCUT2D eigenvalue weighted by Gasteiger charge is 1.99. The summed E-state index contributed by atoms with van der Waals surface area (Å²) in [4.78, 5) is 0. The standard InChI is InChI=1S/C12H18FNO/c1-3-14-7-4-8-15-11-5-6-12(13)10(2)9-11/h5-6,9,14H,3-4,7-8H2,1-2H3. The lowest BCUT2D eigenvalue weighted by Gasteiger charge is -2.07. The van der Waals surface area contributed by atoms with Crippen molar-refractivity contribution in [2.24, 2.45) is 0 Å². The van der Waals surface area contributed by atoms with E-state index in [0.717, 1.165) is 25.3 Å². The molecule has 0 atom stereocenters. The van der Waals surface area contributed by atoms with Gasteiger partial charge in [0.2, 0.25) is 0 Å². The van der Waals surface area contributed by atoms with Gasteiger partial charge in [0.15, 0.2) is 0 Å². The summed E-state index contributed by atoms with van der Waals surface area (Å²) in [7, 11) is 0. The molecule has 1 N–H and O–H groups in total. The molecule has 1 aromatic carbocycles. The quantitative estimate of drug-likeness (QED) is 0.730. The molecule has 0 radical (unpaired) electrons. The Morgan fingerprint density at radius 2 is 2.20 bits per heavy atom. The van der Waals surface area contributed by atoms with Gasteiger partial charge < -0.3 is 10.1 Å². The third kappa shape index (κ3) is 4.30. The van der Waals surface area contributed by atoms with Crippen molar-refractivity contribution >= 4 is 0 Å². The van der Waals surface area contributed by atoms with Gasteiger partial charge in [-0.25, -0.2) is 4.39 Å². The van der Waals surface area contributed by atoms with Crippen LogP contribution in [0.25, 0.3) is 0 Å². The van der Waals surface area contributed by atoms with Gasteiger partial charge in [0.25, 0.3) is 0 Å². The number of ether oxygens (including phenoxy) is 1. The maximum atomic E-state index is 12.9. The van der Waals surface area contributed by atoms with Crippen molar-refractivity contribution in [3.8, 4) is 5.75 Å². The van der Waals surface area contributed by atoms with Crippen molar-refractivity contribution in [2.45, 2.75) is 20.3 Å². The summed E-state index contributed by atoms with van der Waals surface area (Å²) in [6.07, 6.45) is 0.963. The van der Waals surface area contributed by atoms with Crippen LogP contribution in [0, 0.1) is 12.7 Å². The number of hydrogen-bond donors (Lipinski definition) is 1. The Morgan fingerprint density at radius 1 is 1.40 bits per heavy atom. The van der Waals surface area contributed by atoms with Gasteiger partial charge in [-0.3, -0.25) is 0 Å². The van der Waals surface area contributed by atoms with E-state index in [1.807, 2.05) is 0 Å². The molecule has 0 aliphatic rings. The molecule has 0 aliphatic carbocycles. The van der Waals surface area contributed by atoms with Crippen molar-refractivity contribution in [1.29, 1.82) is 0 Å². The van der Waals surface area contributed by atoms with Crippen LogP contribution in [0.2, 0.25) is 0 Å².